The molecule has 0 spiro atoms. The zero-order valence-corrected chi connectivity index (χ0v) is 17.7. The van der Waals surface area contributed by atoms with Gasteiger partial charge in [-0.1, -0.05) is 141 Å². The Morgan fingerprint density at radius 1 is 0.212 bits per heavy atom. The van der Waals surface area contributed by atoms with E-state index in [0.29, 0.717) is 0 Å². The molecule has 0 amide bonds. The van der Waals surface area contributed by atoms with Crippen LogP contribution in [0.5, 0.6) is 0 Å². The van der Waals surface area contributed by atoms with Crippen LogP contribution < -0.4 is 0 Å². The fourth-order valence-electron chi connectivity index (χ4n) is 4.73. The molecule has 0 aliphatic rings. The Balaban J connectivity index is 0.000000138. The molecule has 33 heavy (non-hydrogen) atoms. The largest absolute Gasteiger partial charge is 0.0776 e. The standard InChI is InChI=1S/C18H12.C14H10.CH4/c1-3-7-15-13(5-1)9-11-18-16-8-4-2-6-14(16)10-12-17(15)18;1-3-7-13-11(5-1)9-10-12-6-2-4-8-14(12)13;/h1-12H;1-10H;1H4. The molecule has 0 atom stereocenters. The van der Waals surface area contributed by atoms with Gasteiger partial charge in [-0.3, -0.25) is 0 Å². The number of hydrogen-bond acceptors (Lipinski definition) is 0. The normalized spacial score (nSPS) is 10.8. The van der Waals surface area contributed by atoms with Crippen LogP contribution in [0.1, 0.15) is 7.43 Å². The third-order valence-corrected chi connectivity index (χ3v) is 6.31. The molecular formula is C33H26. The van der Waals surface area contributed by atoms with Crippen molar-refractivity contribution >= 4 is 53.9 Å². The zero-order valence-electron chi connectivity index (χ0n) is 17.7. The highest BCUT2D eigenvalue weighted by molar-refractivity contribution is 6.17. The van der Waals surface area contributed by atoms with E-state index in [1.54, 1.807) is 0 Å². The van der Waals surface area contributed by atoms with Gasteiger partial charge in [0.25, 0.3) is 0 Å². The summed E-state index contributed by atoms with van der Waals surface area (Å²) in [7, 11) is 0. The van der Waals surface area contributed by atoms with Gasteiger partial charge < -0.3 is 0 Å². The van der Waals surface area contributed by atoms with Crippen LogP contribution in [0.15, 0.2) is 133 Å². The van der Waals surface area contributed by atoms with Crippen molar-refractivity contribution in [2.24, 2.45) is 0 Å². The van der Waals surface area contributed by atoms with Crippen molar-refractivity contribution in [3.8, 4) is 0 Å². The van der Waals surface area contributed by atoms with Crippen LogP contribution in [0.4, 0.5) is 0 Å². The molecular weight excluding hydrogens is 396 g/mol. The summed E-state index contributed by atoms with van der Waals surface area (Å²) in [6.07, 6.45) is 0. The molecule has 7 aromatic carbocycles. The summed E-state index contributed by atoms with van der Waals surface area (Å²) in [5.74, 6) is 0. The van der Waals surface area contributed by atoms with Gasteiger partial charge >= 0.3 is 0 Å². The molecule has 0 nitrogen and oxygen atoms in total. The average molecular weight is 423 g/mol. The Morgan fingerprint density at radius 2 is 0.455 bits per heavy atom. The molecule has 0 fully saturated rings. The Bertz CT molecular complexity index is 1590. The minimum Gasteiger partial charge on any atom is -0.0776 e. The van der Waals surface area contributed by atoms with Gasteiger partial charge in [-0.15, -0.1) is 0 Å². The maximum Gasteiger partial charge on any atom is -0.00990 e. The molecule has 7 aromatic rings. The monoisotopic (exact) mass is 422 g/mol. The predicted octanol–water partition coefficient (Wildman–Crippen LogP) is 9.78. The quantitative estimate of drug-likeness (QED) is 0.213. The fourth-order valence-corrected chi connectivity index (χ4v) is 4.73. The number of hydrogen-bond donors (Lipinski definition) is 0. The van der Waals surface area contributed by atoms with E-state index in [-0.39, 0.29) is 7.43 Å². The molecule has 0 heterocycles. The van der Waals surface area contributed by atoms with E-state index >= 15 is 0 Å². The van der Waals surface area contributed by atoms with Crippen LogP contribution in [0.25, 0.3) is 53.9 Å². The van der Waals surface area contributed by atoms with Gasteiger partial charge in [0.15, 0.2) is 0 Å². The van der Waals surface area contributed by atoms with Crippen molar-refractivity contribution in [1.82, 2.24) is 0 Å². The van der Waals surface area contributed by atoms with E-state index in [9.17, 15) is 0 Å². The van der Waals surface area contributed by atoms with Gasteiger partial charge in [0.2, 0.25) is 0 Å². The highest BCUT2D eigenvalue weighted by Crippen LogP contribution is 2.31. The first kappa shape index (κ1) is 20.7. The van der Waals surface area contributed by atoms with Gasteiger partial charge in [-0.25, -0.2) is 0 Å². The summed E-state index contributed by atoms with van der Waals surface area (Å²) in [5, 5.41) is 13.3. The Labute approximate surface area is 194 Å². The van der Waals surface area contributed by atoms with Gasteiger partial charge in [0.05, 0.1) is 0 Å². The van der Waals surface area contributed by atoms with E-state index in [0.717, 1.165) is 0 Å². The molecule has 0 radical (unpaired) electrons. The first-order chi connectivity index (χ1) is 15.9. The molecule has 7 rings (SSSR count). The van der Waals surface area contributed by atoms with Crippen molar-refractivity contribution in [1.29, 1.82) is 0 Å². The van der Waals surface area contributed by atoms with Crippen molar-refractivity contribution in [2.75, 3.05) is 0 Å². The second-order valence-corrected chi connectivity index (χ2v) is 8.18. The lowest BCUT2D eigenvalue weighted by Gasteiger charge is -2.07. The molecule has 0 N–H and O–H groups in total. The molecule has 0 saturated carbocycles. The van der Waals surface area contributed by atoms with E-state index < -0.39 is 0 Å². The summed E-state index contributed by atoms with van der Waals surface area (Å²) in [6.45, 7) is 0. The molecule has 0 aromatic heterocycles. The lowest BCUT2D eigenvalue weighted by molar-refractivity contribution is 1.76. The molecule has 0 aliphatic heterocycles. The molecule has 0 aliphatic carbocycles. The molecule has 0 unspecified atom stereocenters. The minimum atomic E-state index is 0. The highest BCUT2D eigenvalue weighted by Gasteiger charge is 2.03. The SMILES string of the molecule is C.c1ccc2c(c1)ccc1c3ccccc3ccc21.c1ccc2c(c1)ccc1ccccc12. The van der Waals surface area contributed by atoms with Crippen LogP contribution in [0, 0.1) is 0 Å². The summed E-state index contributed by atoms with van der Waals surface area (Å²) in [4.78, 5) is 0. The van der Waals surface area contributed by atoms with E-state index in [1.807, 2.05) is 0 Å². The zero-order chi connectivity index (χ0) is 21.3. The Hall–Kier alpha value is -4.16. The van der Waals surface area contributed by atoms with Crippen molar-refractivity contribution in [3.63, 3.8) is 0 Å². The van der Waals surface area contributed by atoms with Crippen molar-refractivity contribution in [2.45, 2.75) is 7.43 Å². The van der Waals surface area contributed by atoms with Gasteiger partial charge in [0.1, 0.15) is 0 Å². The lowest BCUT2D eigenvalue weighted by Crippen LogP contribution is -1.79. The minimum absolute atomic E-state index is 0. The van der Waals surface area contributed by atoms with Crippen LogP contribution in [0.3, 0.4) is 0 Å². The van der Waals surface area contributed by atoms with Gasteiger partial charge in [-0.2, -0.15) is 0 Å². The van der Waals surface area contributed by atoms with E-state index in [1.165, 1.54) is 53.9 Å². The van der Waals surface area contributed by atoms with Crippen LogP contribution in [0.2, 0.25) is 0 Å². The summed E-state index contributed by atoms with van der Waals surface area (Å²) in [5.41, 5.74) is 0. The first-order valence-electron chi connectivity index (χ1n) is 11.0. The number of rotatable bonds is 0. The van der Waals surface area contributed by atoms with Crippen LogP contribution in [-0.4, -0.2) is 0 Å². The van der Waals surface area contributed by atoms with Crippen molar-refractivity contribution < 1.29 is 0 Å². The number of fused-ring (bicyclic) bond motifs is 8. The molecule has 158 valence electrons. The summed E-state index contributed by atoms with van der Waals surface area (Å²) >= 11 is 0. The summed E-state index contributed by atoms with van der Waals surface area (Å²) < 4.78 is 0. The van der Waals surface area contributed by atoms with Gasteiger partial charge in [0, 0.05) is 0 Å². The smallest absolute Gasteiger partial charge is 0.00990 e. The first-order valence-corrected chi connectivity index (χ1v) is 11.0. The number of benzene rings is 7. The topological polar surface area (TPSA) is 0 Å². The van der Waals surface area contributed by atoms with Crippen molar-refractivity contribution in [3.05, 3.63) is 133 Å². The molecule has 0 saturated heterocycles. The van der Waals surface area contributed by atoms with Crippen LogP contribution >= 0.6 is 0 Å². The second-order valence-electron chi connectivity index (χ2n) is 8.18. The summed E-state index contributed by atoms with van der Waals surface area (Å²) in [6, 6.07) is 47.4. The highest BCUT2D eigenvalue weighted by atomic mass is 14.1. The Kier molecular flexibility index (Phi) is 5.50. The van der Waals surface area contributed by atoms with Crippen LogP contribution in [-0.2, 0) is 0 Å². The molecule has 0 bridgehead atoms. The predicted molar refractivity (Wildman–Crippen MR) is 147 cm³/mol. The van der Waals surface area contributed by atoms with E-state index in [4.69, 9.17) is 0 Å². The Morgan fingerprint density at radius 3 is 0.788 bits per heavy atom. The fraction of sp³-hybridized carbons (Fsp3) is 0.0303. The third kappa shape index (κ3) is 3.70. The molecule has 0 heteroatoms. The third-order valence-electron chi connectivity index (χ3n) is 6.31. The average Bonchev–Trinajstić information content (AvgIpc) is 2.88. The maximum absolute atomic E-state index is 2.24. The second kappa shape index (κ2) is 8.76. The van der Waals surface area contributed by atoms with E-state index in [2.05, 4.69) is 133 Å². The lowest BCUT2D eigenvalue weighted by atomic mass is 9.97. The van der Waals surface area contributed by atoms with Gasteiger partial charge in [-0.05, 0) is 53.9 Å². The maximum atomic E-state index is 2.24.